The van der Waals surface area contributed by atoms with Crippen LogP contribution in [0.5, 0.6) is 23.0 Å². The third-order valence-corrected chi connectivity index (χ3v) is 13.7. The number of nitrogens with one attached hydrogen (secondary N) is 2. The third-order valence-electron chi connectivity index (χ3n) is 11.1. The Kier molecular flexibility index (Phi) is 15.3. The van der Waals surface area contributed by atoms with E-state index in [1.54, 1.807) is 58.7 Å². The van der Waals surface area contributed by atoms with Crippen molar-refractivity contribution >= 4 is 82.3 Å². The second-order valence-corrected chi connectivity index (χ2v) is 19.2. The van der Waals surface area contributed by atoms with Crippen LogP contribution >= 0.6 is 38.6 Å². The quantitative estimate of drug-likeness (QED) is 0.0657. The minimum atomic E-state index is 0.531. The van der Waals surface area contributed by atoms with Crippen molar-refractivity contribution < 1.29 is 18.9 Å². The molecule has 7 heterocycles. The van der Waals surface area contributed by atoms with E-state index >= 15 is 0 Å². The lowest BCUT2D eigenvalue weighted by atomic mass is 10.0. The summed E-state index contributed by atoms with van der Waals surface area (Å²) in [5.41, 5.74) is 7.57. The van der Waals surface area contributed by atoms with Gasteiger partial charge in [0.1, 0.15) is 23.0 Å². The summed E-state index contributed by atoms with van der Waals surface area (Å²) in [7, 11) is 9.31. The molecule has 19 heteroatoms. The molecule has 0 spiro atoms. The zero-order chi connectivity index (χ0) is 46.2. The second-order valence-electron chi connectivity index (χ2n) is 15.9. The molecule has 0 saturated carbocycles. The number of thiophene rings is 2. The minimum Gasteiger partial charge on any atom is -0.496 e. The van der Waals surface area contributed by atoms with Crippen molar-refractivity contribution in [3.8, 4) is 45.3 Å². The number of aromatic nitrogens is 8. The molecule has 1 fully saturated rings. The van der Waals surface area contributed by atoms with E-state index in [1.807, 2.05) is 69.2 Å². The number of anilines is 4. The van der Waals surface area contributed by atoms with Crippen LogP contribution in [0.3, 0.4) is 0 Å². The molecule has 0 radical (unpaired) electrons. The van der Waals surface area contributed by atoms with Gasteiger partial charge in [0.05, 0.1) is 84.0 Å². The second kappa shape index (κ2) is 21.6. The fraction of sp³-hybridized carbons (Fsp3) is 0.362. The van der Waals surface area contributed by atoms with Gasteiger partial charge in [0.25, 0.3) is 0 Å². The first kappa shape index (κ1) is 46.7. The number of nitrogens with zero attached hydrogens (tertiary/aromatic N) is 10. The molecule has 0 aliphatic carbocycles. The highest BCUT2D eigenvalue weighted by molar-refractivity contribution is 9.09. The van der Waals surface area contributed by atoms with E-state index in [-0.39, 0.29) is 0 Å². The highest BCUT2D eigenvalue weighted by Gasteiger charge is 2.21. The van der Waals surface area contributed by atoms with Crippen LogP contribution in [-0.4, -0.2) is 122 Å². The Hall–Kier alpha value is -5.86. The number of ether oxygens (including phenoxy) is 4. The molecule has 1 saturated heterocycles. The third kappa shape index (κ3) is 11.2. The highest BCUT2D eigenvalue weighted by atomic mass is 79.9. The summed E-state index contributed by atoms with van der Waals surface area (Å²) in [4.78, 5) is 25.8. The average Bonchev–Trinajstić information content (AvgIpc) is 4.09. The van der Waals surface area contributed by atoms with Crippen LogP contribution in [0.25, 0.3) is 42.7 Å². The van der Waals surface area contributed by atoms with Crippen molar-refractivity contribution in [3.05, 3.63) is 83.3 Å². The minimum absolute atomic E-state index is 0.531. The molecule has 1 aliphatic rings. The van der Waals surface area contributed by atoms with Crippen molar-refractivity contribution in [3.63, 3.8) is 0 Å². The van der Waals surface area contributed by atoms with Gasteiger partial charge in [-0.1, -0.05) is 15.9 Å². The molecular formula is C47H55BrN12O4S2. The number of alkyl halides is 1. The summed E-state index contributed by atoms with van der Waals surface area (Å²) in [6.45, 7) is 11.2. The average molecular weight is 996 g/mol. The maximum atomic E-state index is 6.08. The van der Waals surface area contributed by atoms with Crippen LogP contribution in [0.2, 0.25) is 0 Å². The molecular weight excluding hydrogens is 941 g/mol. The van der Waals surface area contributed by atoms with Crippen LogP contribution in [0.15, 0.2) is 73.6 Å². The van der Waals surface area contributed by atoms with Gasteiger partial charge >= 0.3 is 0 Å². The predicted molar refractivity (Wildman–Crippen MR) is 269 cm³/mol. The standard InChI is InChI=1S/C26H33N7O2S.C21H22BrN5O2S/c1-18-24(25-23(36-18)16-27-26(30-25)29-19-15-28-32(3)17-19)21-7-6-20(14-22(21)34-4)35-13-5-8-33-11-9-31(2)10-12-33;1-13-19(16-6-5-15(9-17(16)28-3)29-8-4-7-22)20-18(30-13)11-23-21(26-20)25-14-10-24-27(2)12-14/h6-7,14-17H,5,8-13H2,1-4H3,(H,27,29,30);5-6,9-12H,4,7-8H2,1-3H3,(H,23,25,26). The fourth-order valence-corrected chi connectivity index (χ4v) is 9.93. The normalized spacial score (nSPS) is 13.2. The van der Waals surface area contributed by atoms with Crippen LogP contribution in [0.4, 0.5) is 23.3 Å². The number of benzene rings is 2. The molecule has 9 rings (SSSR count). The number of methoxy groups -OCH3 is 2. The highest BCUT2D eigenvalue weighted by Crippen LogP contribution is 2.44. The summed E-state index contributed by atoms with van der Waals surface area (Å²) < 4.78 is 28.9. The van der Waals surface area contributed by atoms with E-state index in [0.717, 1.165) is 138 Å². The van der Waals surface area contributed by atoms with Crippen LogP contribution < -0.4 is 29.6 Å². The van der Waals surface area contributed by atoms with E-state index in [2.05, 4.69) is 83.5 Å². The maximum absolute atomic E-state index is 6.08. The molecule has 6 aromatic heterocycles. The van der Waals surface area contributed by atoms with Gasteiger partial charge in [-0.2, -0.15) is 10.2 Å². The molecule has 2 aromatic carbocycles. The number of rotatable bonds is 17. The fourth-order valence-electron chi connectivity index (χ4n) is 7.73. The van der Waals surface area contributed by atoms with Crippen LogP contribution in [0.1, 0.15) is 22.6 Å². The number of hydrogen-bond donors (Lipinski definition) is 2. The first-order valence-electron chi connectivity index (χ1n) is 21.7. The van der Waals surface area contributed by atoms with Crippen LogP contribution in [0, 0.1) is 13.8 Å². The Morgan fingerprint density at radius 3 is 1.58 bits per heavy atom. The number of aryl methyl sites for hydroxylation is 4. The Balaban J connectivity index is 0.000000182. The van der Waals surface area contributed by atoms with E-state index in [1.165, 1.54) is 0 Å². The smallest absolute Gasteiger partial charge is 0.227 e. The largest absolute Gasteiger partial charge is 0.496 e. The lowest BCUT2D eigenvalue weighted by Crippen LogP contribution is -2.44. The topological polar surface area (TPSA) is 155 Å². The number of halogens is 1. The first-order chi connectivity index (χ1) is 32.1. The van der Waals surface area contributed by atoms with Crippen molar-refractivity contribution in [1.82, 2.24) is 49.3 Å². The van der Waals surface area contributed by atoms with Crippen molar-refractivity contribution in [2.75, 3.05) is 83.2 Å². The molecule has 0 amide bonds. The lowest BCUT2D eigenvalue weighted by Gasteiger charge is -2.32. The molecule has 0 unspecified atom stereocenters. The zero-order valence-electron chi connectivity index (χ0n) is 38.3. The predicted octanol–water partition coefficient (Wildman–Crippen LogP) is 9.48. The molecule has 0 bridgehead atoms. The molecule has 2 N–H and O–H groups in total. The van der Waals surface area contributed by atoms with Gasteiger partial charge in [0.2, 0.25) is 11.9 Å². The molecule has 16 nitrogen and oxygen atoms in total. The summed E-state index contributed by atoms with van der Waals surface area (Å²) in [5.74, 6) is 4.21. The van der Waals surface area contributed by atoms with Gasteiger partial charge in [-0.3, -0.25) is 9.36 Å². The van der Waals surface area contributed by atoms with Crippen molar-refractivity contribution in [1.29, 1.82) is 0 Å². The molecule has 0 atom stereocenters. The van der Waals surface area contributed by atoms with Gasteiger partial charge < -0.3 is 39.4 Å². The van der Waals surface area contributed by atoms with E-state index in [0.29, 0.717) is 25.1 Å². The van der Waals surface area contributed by atoms with E-state index < -0.39 is 0 Å². The molecule has 346 valence electrons. The van der Waals surface area contributed by atoms with Crippen LogP contribution in [-0.2, 0) is 14.1 Å². The van der Waals surface area contributed by atoms with Gasteiger partial charge in [0.15, 0.2) is 0 Å². The number of fused-ring (bicyclic) bond motifs is 2. The Morgan fingerprint density at radius 1 is 0.652 bits per heavy atom. The SMILES string of the molecule is COc1cc(OCCCBr)ccc1-c1c(C)sc2cnc(Nc3cnn(C)c3)nc12.COc1cc(OCCCN2CCN(C)CC2)ccc1-c1c(C)sc2cnc(Nc3cnn(C)c3)nc12. The number of piperazine rings is 1. The Labute approximate surface area is 401 Å². The molecule has 1 aliphatic heterocycles. The van der Waals surface area contributed by atoms with Crippen molar-refractivity contribution in [2.24, 2.45) is 14.1 Å². The van der Waals surface area contributed by atoms with E-state index in [9.17, 15) is 0 Å². The Morgan fingerprint density at radius 2 is 1.14 bits per heavy atom. The maximum Gasteiger partial charge on any atom is 0.227 e. The zero-order valence-corrected chi connectivity index (χ0v) is 41.5. The first-order valence-corrected chi connectivity index (χ1v) is 24.5. The van der Waals surface area contributed by atoms with Gasteiger partial charge in [-0.25, -0.2) is 19.9 Å². The molecule has 8 aromatic rings. The monoisotopic (exact) mass is 994 g/mol. The van der Waals surface area contributed by atoms with E-state index in [4.69, 9.17) is 28.9 Å². The van der Waals surface area contributed by atoms with Gasteiger partial charge in [-0.15, -0.1) is 22.7 Å². The number of likely N-dealkylation sites (N-methyl/N-ethyl adjacent to an activating group) is 1. The Bertz CT molecular complexity index is 2890. The van der Waals surface area contributed by atoms with Crippen molar-refractivity contribution in [2.45, 2.75) is 26.7 Å². The summed E-state index contributed by atoms with van der Waals surface area (Å²) in [6.07, 6.45) is 12.9. The molecule has 66 heavy (non-hydrogen) atoms. The summed E-state index contributed by atoms with van der Waals surface area (Å²) in [5, 5.41) is 15.7. The van der Waals surface area contributed by atoms with Gasteiger partial charge in [-0.05, 0) is 58.0 Å². The van der Waals surface area contributed by atoms with Gasteiger partial charge in [0, 0.05) is 109 Å². The number of hydrogen-bond acceptors (Lipinski definition) is 16. The lowest BCUT2D eigenvalue weighted by molar-refractivity contribution is 0.145. The summed E-state index contributed by atoms with van der Waals surface area (Å²) in [6, 6.07) is 12.0. The summed E-state index contributed by atoms with van der Waals surface area (Å²) >= 11 is 6.78.